The van der Waals surface area contributed by atoms with E-state index in [4.69, 9.17) is 0 Å². The van der Waals surface area contributed by atoms with Crippen LogP contribution in [-0.4, -0.2) is 54.9 Å². The molecule has 0 bridgehead atoms. The highest BCUT2D eigenvalue weighted by atomic mass is 127. The van der Waals surface area contributed by atoms with E-state index in [1.165, 1.54) is 10.4 Å². The van der Waals surface area contributed by atoms with Crippen molar-refractivity contribution < 1.29 is 9.59 Å². The predicted molar refractivity (Wildman–Crippen MR) is 121 cm³/mol. The van der Waals surface area contributed by atoms with Crippen molar-refractivity contribution in [1.29, 1.82) is 0 Å². The van der Waals surface area contributed by atoms with Crippen molar-refractivity contribution in [3.8, 4) is 0 Å². The smallest absolute Gasteiger partial charge is 0.239 e. The maximum Gasteiger partial charge on any atom is 0.239 e. The third kappa shape index (κ3) is 8.04. The van der Waals surface area contributed by atoms with Gasteiger partial charge in [0, 0.05) is 43.5 Å². The lowest BCUT2D eigenvalue weighted by Crippen LogP contribution is -2.48. The molecule has 7 nitrogen and oxygen atoms in total. The number of nitrogens with one attached hydrogen (secondary N) is 3. The van der Waals surface area contributed by atoms with Crippen LogP contribution in [0.25, 0.3) is 0 Å². The molecule has 1 aliphatic rings. The lowest BCUT2D eigenvalue weighted by molar-refractivity contribution is -0.132. The Kier molecular flexibility index (Phi) is 9.51. The number of guanidine groups is 1. The summed E-state index contributed by atoms with van der Waals surface area (Å²) in [7, 11) is 1.64. The normalized spacial score (nSPS) is 14.1. The van der Waals surface area contributed by atoms with Gasteiger partial charge in [0.25, 0.3) is 0 Å². The van der Waals surface area contributed by atoms with Gasteiger partial charge in [-0.1, -0.05) is 0 Å². The van der Waals surface area contributed by atoms with Gasteiger partial charge in [0.05, 0.1) is 6.54 Å². The van der Waals surface area contributed by atoms with Gasteiger partial charge in [0.15, 0.2) is 5.96 Å². The molecule has 0 fully saturated rings. The van der Waals surface area contributed by atoms with Crippen molar-refractivity contribution in [2.75, 3.05) is 26.7 Å². The summed E-state index contributed by atoms with van der Waals surface area (Å²) in [5, 5.41) is 11.0. The topological polar surface area (TPSA) is 85.8 Å². The van der Waals surface area contributed by atoms with Crippen LogP contribution in [0, 0.1) is 0 Å². The minimum Gasteiger partial charge on any atom is -0.356 e. The molecule has 2 amide bonds. The van der Waals surface area contributed by atoms with Gasteiger partial charge >= 0.3 is 0 Å². The maximum atomic E-state index is 12.4. The summed E-state index contributed by atoms with van der Waals surface area (Å²) in [6.07, 6.45) is 1.34. The number of hydrogen-bond donors (Lipinski definition) is 3. The number of fused-ring (bicyclic) bond motifs is 1. The van der Waals surface area contributed by atoms with Crippen molar-refractivity contribution in [2.24, 2.45) is 4.99 Å². The van der Waals surface area contributed by atoms with Crippen molar-refractivity contribution in [3.05, 3.63) is 21.9 Å². The molecule has 0 aliphatic carbocycles. The van der Waals surface area contributed by atoms with Gasteiger partial charge in [-0.2, -0.15) is 0 Å². The molecule has 0 saturated heterocycles. The number of nitrogens with zero attached hydrogens (tertiary/aromatic N) is 2. The van der Waals surface area contributed by atoms with Gasteiger partial charge in [-0.25, -0.2) is 0 Å². The summed E-state index contributed by atoms with van der Waals surface area (Å²) in [6.45, 7) is 7.91. The number of carbonyl (C=O) groups is 2. The van der Waals surface area contributed by atoms with E-state index < -0.39 is 0 Å². The Morgan fingerprint density at radius 1 is 1.30 bits per heavy atom. The fourth-order valence-electron chi connectivity index (χ4n) is 2.75. The molecule has 9 heteroatoms. The minimum absolute atomic E-state index is 0. The molecule has 0 saturated carbocycles. The van der Waals surface area contributed by atoms with E-state index in [0.29, 0.717) is 25.5 Å². The highest BCUT2D eigenvalue weighted by molar-refractivity contribution is 14.0. The van der Waals surface area contributed by atoms with Crippen molar-refractivity contribution in [3.63, 3.8) is 0 Å². The van der Waals surface area contributed by atoms with E-state index in [2.05, 4.69) is 32.4 Å². The molecule has 1 aliphatic heterocycles. The van der Waals surface area contributed by atoms with Gasteiger partial charge in [0.1, 0.15) is 0 Å². The second-order valence-corrected chi connectivity index (χ2v) is 8.34. The SMILES string of the molecule is CN=C(NCCC(=O)N1CCc2sccc2C1)NCC(=O)NC(C)(C)C.I. The Bertz CT molecular complexity index is 669. The standard InChI is InChI=1S/C18H29N5O2S.HI/c1-18(2,3)22-15(24)11-21-17(19-4)20-8-5-16(25)23-9-6-14-13(12-23)7-10-26-14;/h7,10H,5-6,8-9,11-12H2,1-4H3,(H,22,24)(H2,19,20,21);1H. The quantitative estimate of drug-likeness (QED) is 0.322. The Morgan fingerprint density at radius 3 is 2.70 bits per heavy atom. The second kappa shape index (κ2) is 10.8. The molecule has 0 radical (unpaired) electrons. The molecule has 2 rings (SSSR count). The van der Waals surface area contributed by atoms with E-state index in [9.17, 15) is 9.59 Å². The van der Waals surface area contributed by atoms with E-state index in [-0.39, 0.29) is 47.9 Å². The number of halogens is 1. The third-order valence-corrected chi connectivity index (χ3v) is 4.97. The summed E-state index contributed by atoms with van der Waals surface area (Å²) >= 11 is 1.77. The first kappa shape index (κ1) is 23.7. The first-order valence-corrected chi connectivity index (χ1v) is 9.75. The van der Waals surface area contributed by atoms with E-state index in [1.807, 2.05) is 25.7 Å². The third-order valence-electron chi connectivity index (χ3n) is 3.95. The van der Waals surface area contributed by atoms with Crippen LogP contribution < -0.4 is 16.0 Å². The summed E-state index contributed by atoms with van der Waals surface area (Å²) in [5.41, 5.74) is 1.00. The fourth-order valence-corrected chi connectivity index (χ4v) is 3.64. The predicted octanol–water partition coefficient (Wildman–Crippen LogP) is 1.72. The van der Waals surface area contributed by atoms with Crippen LogP contribution in [0.2, 0.25) is 0 Å². The molecule has 0 unspecified atom stereocenters. The van der Waals surface area contributed by atoms with Crippen LogP contribution in [-0.2, 0) is 22.6 Å². The number of carbonyl (C=O) groups excluding carboxylic acids is 2. The fraction of sp³-hybridized carbons (Fsp3) is 0.611. The second-order valence-electron chi connectivity index (χ2n) is 7.34. The lowest BCUT2D eigenvalue weighted by Gasteiger charge is -2.27. The molecular formula is C18H30IN5O2S. The van der Waals surface area contributed by atoms with Gasteiger partial charge in [-0.15, -0.1) is 35.3 Å². The minimum atomic E-state index is -0.265. The zero-order valence-electron chi connectivity index (χ0n) is 16.4. The summed E-state index contributed by atoms with van der Waals surface area (Å²) < 4.78 is 0. The van der Waals surface area contributed by atoms with Crippen LogP contribution in [0.3, 0.4) is 0 Å². The number of thiophene rings is 1. The largest absolute Gasteiger partial charge is 0.356 e. The Morgan fingerprint density at radius 2 is 2.04 bits per heavy atom. The average Bonchev–Trinajstić information content (AvgIpc) is 3.03. The maximum absolute atomic E-state index is 12.4. The molecule has 0 aromatic carbocycles. The van der Waals surface area contributed by atoms with Crippen LogP contribution in [0.15, 0.2) is 16.4 Å². The Balaban J connectivity index is 0.00000364. The van der Waals surface area contributed by atoms with Gasteiger partial charge in [-0.05, 0) is 44.2 Å². The van der Waals surface area contributed by atoms with Crippen molar-refractivity contribution >= 4 is 53.1 Å². The molecule has 0 atom stereocenters. The highest BCUT2D eigenvalue weighted by Gasteiger charge is 2.21. The molecular weight excluding hydrogens is 477 g/mol. The molecule has 1 aromatic rings. The average molecular weight is 507 g/mol. The summed E-state index contributed by atoms with van der Waals surface area (Å²) in [5.74, 6) is 0.548. The number of hydrogen-bond acceptors (Lipinski definition) is 4. The highest BCUT2D eigenvalue weighted by Crippen LogP contribution is 2.24. The molecule has 2 heterocycles. The van der Waals surface area contributed by atoms with E-state index in [1.54, 1.807) is 18.4 Å². The first-order chi connectivity index (χ1) is 12.3. The lowest BCUT2D eigenvalue weighted by atomic mass is 10.1. The van der Waals surface area contributed by atoms with E-state index >= 15 is 0 Å². The molecule has 0 spiro atoms. The molecule has 27 heavy (non-hydrogen) atoms. The van der Waals surface area contributed by atoms with Crippen LogP contribution in [0.5, 0.6) is 0 Å². The zero-order valence-corrected chi connectivity index (χ0v) is 19.6. The van der Waals surface area contributed by atoms with Gasteiger partial charge < -0.3 is 20.9 Å². The summed E-state index contributed by atoms with van der Waals surface area (Å²) in [6, 6.07) is 2.10. The number of amides is 2. The Labute approximate surface area is 182 Å². The monoisotopic (exact) mass is 507 g/mol. The first-order valence-electron chi connectivity index (χ1n) is 8.87. The van der Waals surface area contributed by atoms with Crippen LogP contribution in [0.1, 0.15) is 37.6 Å². The van der Waals surface area contributed by atoms with Crippen LogP contribution >= 0.6 is 35.3 Å². The van der Waals surface area contributed by atoms with E-state index in [0.717, 1.165) is 13.0 Å². The Hall–Kier alpha value is -1.36. The molecule has 1 aromatic heterocycles. The van der Waals surface area contributed by atoms with Gasteiger partial charge in [-0.3, -0.25) is 14.6 Å². The zero-order chi connectivity index (χ0) is 19.2. The summed E-state index contributed by atoms with van der Waals surface area (Å²) in [4.78, 5) is 31.6. The number of aliphatic imine (C=N–C) groups is 1. The molecule has 152 valence electrons. The molecule has 3 N–H and O–H groups in total. The van der Waals surface area contributed by atoms with Crippen molar-refractivity contribution in [2.45, 2.75) is 45.7 Å². The van der Waals surface area contributed by atoms with Crippen LogP contribution in [0.4, 0.5) is 0 Å². The van der Waals surface area contributed by atoms with Crippen molar-refractivity contribution in [1.82, 2.24) is 20.9 Å². The van der Waals surface area contributed by atoms with Gasteiger partial charge in [0.2, 0.25) is 11.8 Å². The number of rotatable bonds is 5.